The molecular formula is C14H24ClNO3S. The third kappa shape index (κ3) is 8.09. The average molecular weight is 322 g/mol. The van der Waals surface area contributed by atoms with Crippen LogP contribution in [0.1, 0.15) is 12.5 Å². The Kier molecular flexibility index (Phi) is 11.2. The van der Waals surface area contributed by atoms with Gasteiger partial charge in [-0.2, -0.15) is 0 Å². The highest BCUT2D eigenvalue weighted by atomic mass is 35.5. The number of hydrogen-bond acceptors (Lipinski definition) is 5. The quantitative estimate of drug-likeness (QED) is 0.738. The summed E-state index contributed by atoms with van der Waals surface area (Å²) in [6, 6.07) is 8.68. The summed E-state index contributed by atoms with van der Waals surface area (Å²) in [7, 11) is 0. The maximum Gasteiger partial charge on any atom is 0.0639 e. The van der Waals surface area contributed by atoms with E-state index in [4.69, 9.17) is 15.3 Å². The highest BCUT2D eigenvalue weighted by molar-refractivity contribution is 7.98. The van der Waals surface area contributed by atoms with Crippen molar-refractivity contribution in [2.45, 2.75) is 23.7 Å². The Hall–Kier alpha value is -0.300. The van der Waals surface area contributed by atoms with E-state index in [9.17, 15) is 0 Å². The van der Waals surface area contributed by atoms with Gasteiger partial charge in [-0.15, -0.1) is 24.2 Å². The lowest BCUT2D eigenvalue weighted by molar-refractivity contribution is 0.0972. The van der Waals surface area contributed by atoms with E-state index in [2.05, 4.69) is 24.3 Å². The summed E-state index contributed by atoms with van der Waals surface area (Å²) in [4.78, 5) is 3.23. The van der Waals surface area contributed by atoms with E-state index >= 15 is 0 Å². The number of aliphatic hydroxyl groups excluding tert-OH is 3. The molecule has 0 aliphatic carbocycles. The predicted molar refractivity (Wildman–Crippen MR) is 85.5 cm³/mol. The van der Waals surface area contributed by atoms with Crippen LogP contribution in [0.5, 0.6) is 0 Å². The van der Waals surface area contributed by atoms with E-state index < -0.39 is 6.10 Å². The van der Waals surface area contributed by atoms with Crippen molar-refractivity contribution < 1.29 is 15.3 Å². The summed E-state index contributed by atoms with van der Waals surface area (Å²) >= 11 is 1.92. The molecule has 1 aliphatic heterocycles. The minimum absolute atomic E-state index is 0. The van der Waals surface area contributed by atoms with Gasteiger partial charge < -0.3 is 15.3 Å². The third-order valence-electron chi connectivity index (χ3n) is 2.66. The van der Waals surface area contributed by atoms with Crippen molar-refractivity contribution in [3.8, 4) is 0 Å². The number of benzene rings is 1. The normalized spacial score (nSPS) is 13.4. The zero-order chi connectivity index (χ0) is 14.1. The maximum absolute atomic E-state index is 8.97. The first-order chi connectivity index (χ1) is 9.15. The van der Waals surface area contributed by atoms with Crippen molar-refractivity contribution in [3.63, 3.8) is 0 Å². The summed E-state index contributed by atoms with van der Waals surface area (Å²) in [6.07, 6.45) is -0.409. The molecule has 3 N–H and O–H groups in total. The number of thioether (sulfide) groups is 1. The minimum Gasteiger partial charge on any atom is -0.395 e. The Morgan fingerprint density at radius 3 is 2.35 bits per heavy atom. The van der Waals surface area contributed by atoms with E-state index in [0.29, 0.717) is 19.6 Å². The topological polar surface area (TPSA) is 63.9 Å². The lowest BCUT2D eigenvalue weighted by Crippen LogP contribution is -2.35. The molecule has 20 heavy (non-hydrogen) atoms. The van der Waals surface area contributed by atoms with E-state index in [1.807, 2.05) is 16.7 Å². The Morgan fingerprint density at radius 1 is 1.25 bits per heavy atom. The minimum atomic E-state index is -0.409. The molecule has 0 radical (unpaired) electrons. The molecule has 6 heteroatoms. The van der Waals surface area contributed by atoms with Crippen LogP contribution in [0.4, 0.5) is 0 Å². The van der Waals surface area contributed by atoms with Crippen LogP contribution in [0.3, 0.4) is 0 Å². The number of nitrogens with zero attached hydrogens (tertiary/aromatic N) is 1. The van der Waals surface area contributed by atoms with Gasteiger partial charge in [-0.3, -0.25) is 4.90 Å². The predicted octanol–water partition coefficient (Wildman–Crippen LogP) is 1.37. The average Bonchev–Trinajstić information content (AvgIpc) is 2.69. The Labute approximate surface area is 131 Å². The first kappa shape index (κ1) is 19.7. The van der Waals surface area contributed by atoms with Crippen LogP contribution in [0.2, 0.25) is 0 Å². The fourth-order valence-corrected chi connectivity index (χ4v) is 2.77. The van der Waals surface area contributed by atoms with E-state index in [-0.39, 0.29) is 25.6 Å². The van der Waals surface area contributed by atoms with Crippen LogP contribution in [0.15, 0.2) is 29.2 Å². The van der Waals surface area contributed by atoms with Gasteiger partial charge in [-0.1, -0.05) is 12.1 Å². The standard InChI is InChI=1S/C7H17NO3.C7H6S.ClH/c1-7(11)6-8(2-4-9)3-5-10;1-2-6-4-7(3-1)8-5-6;/h7,9-11H,2-6H2,1H3;1-4H,5H2;1H. The van der Waals surface area contributed by atoms with Crippen molar-refractivity contribution in [1.82, 2.24) is 4.90 Å². The molecule has 2 rings (SSSR count). The van der Waals surface area contributed by atoms with Gasteiger partial charge in [0.2, 0.25) is 0 Å². The number of hydrogen-bond donors (Lipinski definition) is 3. The Morgan fingerprint density at radius 2 is 1.90 bits per heavy atom. The molecule has 0 spiro atoms. The van der Waals surface area contributed by atoms with E-state index in [1.54, 1.807) is 6.92 Å². The van der Waals surface area contributed by atoms with Crippen molar-refractivity contribution >= 4 is 24.2 Å². The highest BCUT2D eigenvalue weighted by Crippen LogP contribution is 2.30. The van der Waals surface area contributed by atoms with Gasteiger partial charge in [0.05, 0.1) is 19.3 Å². The largest absolute Gasteiger partial charge is 0.395 e. The second kappa shape index (κ2) is 11.4. The molecule has 1 unspecified atom stereocenters. The molecule has 4 nitrogen and oxygen atoms in total. The molecular weight excluding hydrogens is 298 g/mol. The Bertz CT molecular complexity index is 341. The SMILES string of the molecule is CC(O)CN(CCO)CCO.Cl.c1cc2cc(c1)SC2. The number of fused-ring (bicyclic) bond motifs is 2. The maximum atomic E-state index is 8.97. The lowest BCUT2D eigenvalue weighted by atomic mass is 10.2. The second-order valence-electron chi connectivity index (χ2n) is 4.53. The van der Waals surface area contributed by atoms with Gasteiger partial charge in [0.1, 0.15) is 0 Å². The van der Waals surface area contributed by atoms with Gasteiger partial charge in [-0.25, -0.2) is 0 Å². The van der Waals surface area contributed by atoms with Gasteiger partial charge in [-0.05, 0) is 24.6 Å². The van der Waals surface area contributed by atoms with Crippen LogP contribution in [0.25, 0.3) is 0 Å². The molecule has 0 saturated carbocycles. The molecule has 0 saturated heterocycles. The lowest BCUT2D eigenvalue weighted by Gasteiger charge is -2.21. The molecule has 1 heterocycles. The molecule has 1 aromatic carbocycles. The van der Waals surface area contributed by atoms with Crippen molar-refractivity contribution in [2.24, 2.45) is 0 Å². The monoisotopic (exact) mass is 321 g/mol. The zero-order valence-electron chi connectivity index (χ0n) is 11.7. The number of rotatable bonds is 6. The number of aliphatic hydroxyl groups is 3. The molecule has 1 atom stereocenters. The molecule has 2 bridgehead atoms. The fraction of sp³-hybridized carbons (Fsp3) is 0.571. The highest BCUT2D eigenvalue weighted by Gasteiger charge is 2.05. The third-order valence-corrected chi connectivity index (χ3v) is 3.72. The van der Waals surface area contributed by atoms with Gasteiger partial charge in [0.15, 0.2) is 0 Å². The van der Waals surface area contributed by atoms with Gasteiger partial charge in [0, 0.05) is 30.3 Å². The van der Waals surface area contributed by atoms with Gasteiger partial charge in [0.25, 0.3) is 0 Å². The number of halogens is 1. The first-order valence-corrected chi connectivity index (χ1v) is 7.48. The van der Waals surface area contributed by atoms with Gasteiger partial charge >= 0.3 is 0 Å². The first-order valence-electron chi connectivity index (χ1n) is 6.49. The van der Waals surface area contributed by atoms with Crippen molar-refractivity contribution in [3.05, 3.63) is 29.8 Å². The van der Waals surface area contributed by atoms with Crippen molar-refractivity contribution in [2.75, 3.05) is 32.8 Å². The molecule has 0 fully saturated rings. The van der Waals surface area contributed by atoms with Crippen LogP contribution >= 0.6 is 24.2 Å². The van der Waals surface area contributed by atoms with Crippen LogP contribution in [-0.4, -0.2) is 59.2 Å². The fourth-order valence-electron chi connectivity index (χ4n) is 1.84. The van der Waals surface area contributed by atoms with Crippen LogP contribution in [-0.2, 0) is 5.75 Å². The summed E-state index contributed by atoms with van der Waals surface area (Å²) < 4.78 is 0. The molecule has 116 valence electrons. The smallest absolute Gasteiger partial charge is 0.0639 e. The second-order valence-corrected chi connectivity index (χ2v) is 5.58. The van der Waals surface area contributed by atoms with Crippen LogP contribution in [0, 0.1) is 0 Å². The van der Waals surface area contributed by atoms with Crippen LogP contribution < -0.4 is 0 Å². The van der Waals surface area contributed by atoms with E-state index in [0.717, 1.165) is 0 Å². The summed E-state index contributed by atoms with van der Waals surface area (Å²) in [5.41, 5.74) is 1.47. The molecule has 1 aliphatic rings. The Balaban J connectivity index is 0.000000354. The zero-order valence-corrected chi connectivity index (χ0v) is 13.4. The van der Waals surface area contributed by atoms with E-state index in [1.165, 1.54) is 16.2 Å². The summed E-state index contributed by atoms with van der Waals surface area (Å²) in [6.45, 7) is 3.32. The molecule has 1 aromatic rings. The summed E-state index contributed by atoms with van der Waals surface area (Å²) in [5.74, 6) is 1.18. The van der Waals surface area contributed by atoms with Crippen molar-refractivity contribution in [1.29, 1.82) is 0 Å². The summed E-state index contributed by atoms with van der Waals surface area (Å²) in [5, 5.41) is 26.1. The molecule has 0 amide bonds. The molecule has 0 aromatic heterocycles.